The topological polar surface area (TPSA) is 92.4 Å². The molecule has 2 aromatic rings. The summed E-state index contributed by atoms with van der Waals surface area (Å²) in [6, 6.07) is 6.97. The first-order valence-corrected chi connectivity index (χ1v) is 7.96. The molecule has 2 N–H and O–H groups in total. The molecule has 24 heavy (non-hydrogen) atoms. The van der Waals surface area contributed by atoms with Crippen LogP contribution in [0.25, 0.3) is 11.5 Å². The summed E-state index contributed by atoms with van der Waals surface area (Å²) >= 11 is 5.83. The number of nitrogens with zero attached hydrogens (tertiary/aromatic N) is 1. The maximum absolute atomic E-state index is 12.1. The fraction of sp³-hybridized carbons (Fsp3) is 0.353. The largest absolute Gasteiger partial charge is 0.480 e. The summed E-state index contributed by atoms with van der Waals surface area (Å²) in [6.45, 7) is 3.36. The Bertz CT molecular complexity index is 726. The highest BCUT2D eigenvalue weighted by Gasteiger charge is 2.33. The van der Waals surface area contributed by atoms with E-state index < -0.39 is 17.4 Å². The van der Waals surface area contributed by atoms with Crippen molar-refractivity contribution in [3.63, 3.8) is 0 Å². The van der Waals surface area contributed by atoms with Gasteiger partial charge in [0, 0.05) is 10.6 Å². The van der Waals surface area contributed by atoms with Gasteiger partial charge in [-0.2, -0.15) is 0 Å². The van der Waals surface area contributed by atoms with Crippen molar-refractivity contribution in [2.45, 2.75) is 38.6 Å². The van der Waals surface area contributed by atoms with Gasteiger partial charge in [0.15, 0.2) is 0 Å². The smallest absolute Gasteiger partial charge is 0.329 e. The van der Waals surface area contributed by atoms with Crippen molar-refractivity contribution in [1.29, 1.82) is 0 Å². The van der Waals surface area contributed by atoms with Crippen LogP contribution in [0.5, 0.6) is 0 Å². The molecule has 7 heteroatoms. The molecule has 0 aliphatic rings. The van der Waals surface area contributed by atoms with Crippen LogP contribution in [0, 0.1) is 0 Å². The number of aliphatic carboxylic acids is 1. The van der Waals surface area contributed by atoms with E-state index in [-0.39, 0.29) is 6.42 Å². The Balaban J connectivity index is 2.05. The molecule has 1 aromatic heterocycles. The minimum absolute atomic E-state index is 0.0519. The minimum atomic E-state index is -1.28. The van der Waals surface area contributed by atoms with Crippen molar-refractivity contribution < 1.29 is 19.1 Å². The van der Waals surface area contributed by atoms with E-state index in [9.17, 15) is 14.7 Å². The lowest BCUT2D eigenvalue weighted by Crippen LogP contribution is -2.52. The number of hydrogen-bond acceptors (Lipinski definition) is 4. The van der Waals surface area contributed by atoms with Gasteiger partial charge in [-0.1, -0.05) is 24.9 Å². The molecular formula is C17H19ClN2O4. The van der Waals surface area contributed by atoms with Crippen molar-refractivity contribution in [2.75, 3.05) is 0 Å². The summed E-state index contributed by atoms with van der Waals surface area (Å²) < 4.78 is 5.37. The fourth-order valence-corrected chi connectivity index (χ4v) is 2.48. The van der Waals surface area contributed by atoms with Crippen molar-refractivity contribution in [3.8, 4) is 11.5 Å². The van der Waals surface area contributed by atoms with Crippen molar-refractivity contribution in [3.05, 3.63) is 41.2 Å². The number of aromatic nitrogens is 1. The third-order valence-electron chi connectivity index (χ3n) is 3.62. The molecule has 128 valence electrons. The minimum Gasteiger partial charge on any atom is -0.480 e. The molecule has 0 radical (unpaired) electrons. The van der Waals surface area contributed by atoms with E-state index in [2.05, 4.69) is 10.3 Å². The van der Waals surface area contributed by atoms with Crippen LogP contribution in [-0.4, -0.2) is 27.5 Å². The Morgan fingerprint density at radius 2 is 2.00 bits per heavy atom. The third kappa shape index (κ3) is 4.35. The first-order valence-electron chi connectivity index (χ1n) is 7.59. The summed E-state index contributed by atoms with van der Waals surface area (Å²) in [7, 11) is 0. The maximum Gasteiger partial charge on any atom is 0.329 e. The van der Waals surface area contributed by atoms with E-state index in [0.29, 0.717) is 29.4 Å². The predicted molar refractivity (Wildman–Crippen MR) is 89.7 cm³/mol. The van der Waals surface area contributed by atoms with E-state index in [1.165, 1.54) is 13.2 Å². The number of rotatable bonds is 7. The van der Waals surface area contributed by atoms with Crippen LogP contribution >= 0.6 is 11.6 Å². The molecule has 1 unspecified atom stereocenters. The zero-order chi connectivity index (χ0) is 17.7. The van der Waals surface area contributed by atoms with Crippen LogP contribution in [-0.2, 0) is 16.0 Å². The lowest BCUT2D eigenvalue weighted by atomic mass is 9.96. The zero-order valence-electron chi connectivity index (χ0n) is 13.5. The highest BCUT2D eigenvalue weighted by atomic mass is 35.5. The Kier molecular flexibility index (Phi) is 5.62. The Morgan fingerprint density at radius 3 is 2.58 bits per heavy atom. The van der Waals surface area contributed by atoms with Crippen molar-refractivity contribution in [2.24, 2.45) is 0 Å². The third-order valence-corrected chi connectivity index (χ3v) is 3.87. The molecule has 0 fully saturated rings. The van der Waals surface area contributed by atoms with Crippen LogP contribution in [0.3, 0.4) is 0 Å². The summed E-state index contributed by atoms with van der Waals surface area (Å²) in [5.74, 6) is -1.09. The van der Waals surface area contributed by atoms with E-state index in [4.69, 9.17) is 16.0 Å². The predicted octanol–water partition coefficient (Wildman–Crippen LogP) is 3.30. The van der Waals surface area contributed by atoms with Gasteiger partial charge in [0.2, 0.25) is 11.8 Å². The number of carbonyl (C=O) groups is 2. The second-order valence-corrected chi connectivity index (χ2v) is 6.20. The highest BCUT2D eigenvalue weighted by molar-refractivity contribution is 6.30. The van der Waals surface area contributed by atoms with Gasteiger partial charge < -0.3 is 14.8 Å². The number of hydrogen-bond donors (Lipinski definition) is 2. The number of carboxylic acids is 1. The second-order valence-electron chi connectivity index (χ2n) is 5.76. The molecule has 1 amide bonds. The molecule has 2 rings (SSSR count). The first-order chi connectivity index (χ1) is 11.3. The van der Waals surface area contributed by atoms with Crippen LogP contribution < -0.4 is 5.32 Å². The normalized spacial score (nSPS) is 13.3. The molecule has 0 spiro atoms. The summed E-state index contributed by atoms with van der Waals surface area (Å²) in [4.78, 5) is 27.7. The number of oxazole rings is 1. The number of benzene rings is 1. The molecule has 0 bridgehead atoms. The number of halogens is 1. The Morgan fingerprint density at radius 1 is 1.33 bits per heavy atom. The van der Waals surface area contributed by atoms with Gasteiger partial charge in [0.05, 0.1) is 12.1 Å². The van der Waals surface area contributed by atoms with Crippen molar-refractivity contribution in [1.82, 2.24) is 10.3 Å². The molecule has 0 saturated heterocycles. The van der Waals surface area contributed by atoms with E-state index >= 15 is 0 Å². The standard InChI is InChI=1S/C17H19ClN2O4/c1-3-8-17(2,16(22)23)20-14(21)9-13-10-24-15(19-13)11-4-6-12(18)7-5-11/h4-7,10H,3,8-9H2,1-2H3,(H,20,21)(H,22,23). The van der Waals surface area contributed by atoms with Crippen LogP contribution in [0.2, 0.25) is 5.02 Å². The fourth-order valence-electron chi connectivity index (χ4n) is 2.35. The lowest BCUT2D eigenvalue weighted by molar-refractivity contribution is -0.147. The molecule has 1 heterocycles. The summed E-state index contributed by atoms with van der Waals surface area (Å²) in [6.07, 6.45) is 2.34. The van der Waals surface area contributed by atoms with Crippen LogP contribution in [0.15, 0.2) is 34.9 Å². The van der Waals surface area contributed by atoms with Gasteiger partial charge in [-0.25, -0.2) is 9.78 Å². The zero-order valence-corrected chi connectivity index (χ0v) is 14.3. The van der Waals surface area contributed by atoms with Gasteiger partial charge >= 0.3 is 5.97 Å². The van der Waals surface area contributed by atoms with Gasteiger partial charge in [0.25, 0.3) is 0 Å². The van der Waals surface area contributed by atoms with Crippen LogP contribution in [0.4, 0.5) is 0 Å². The maximum atomic E-state index is 12.1. The van der Waals surface area contributed by atoms with Gasteiger partial charge in [0.1, 0.15) is 11.8 Å². The Hall–Kier alpha value is -2.34. The summed E-state index contributed by atoms with van der Waals surface area (Å²) in [5.41, 5.74) is -0.108. The molecule has 0 aliphatic heterocycles. The van der Waals surface area contributed by atoms with Crippen LogP contribution in [0.1, 0.15) is 32.4 Å². The van der Waals surface area contributed by atoms with E-state index in [0.717, 1.165) is 5.56 Å². The number of nitrogens with one attached hydrogen (secondary N) is 1. The SMILES string of the molecule is CCCC(C)(NC(=O)Cc1coc(-c2ccc(Cl)cc2)n1)C(=O)O. The molecule has 1 atom stereocenters. The van der Waals surface area contributed by atoms with Gasteiger partial charge in [-0.3, -0.25) is 4.79 Å². The quantitative estimate of drug-likeness (QED) is 0.799. The van der Waals surface area contributed by atoms with Gasteiger partial charge in [-0.15, -0.1) is 0 Å². The van der Waals surface area contributed by atoms with E-state index in [1.54, 1.807) is 24.3 Å². The summed E-state index contributed by atoms with van der Waals surface area (Å²) in [5, 5.41) is 12.5. The molecular weight excluding hydrogens is 332 g/mol. The Labute approximate surface area is 144 Å². The van der Waals surface area contributed by atoms with Crippen molar-refractivity contribution >= 4 is 23.5 Å². The number of amides is 1. The highest BCUT2D eigenvalue weighted by Crippen LogP contribution is 2.21. The average Bonchev–Trinajstić information content (AvgIpc) is 2.96. The lowest BCUT2D eigenvalue weighted by Gasteiger charge is -2.25. The monoisotopic (exact) mass is 350 g/mol. The van der Waals surface area contributed by atoms with Gasteiger partial charge in [-0.05, 0) is 37.6 Å². The number of carboxylic acid groups (broad SMARTS) is 1. The molecule has 0 saturated carbocycles. The van der Waals surface area contributed by atoms with E-state index in [1.807, 2.05) is 6.92 Å². The average molecular weight is 351 g/mol. The molecule has 0 aliphatic carbocycles. The molecule has 6 nitrogen and oxygen atoms in total. The number of carbonyl (C=O) groups excluding carboxylic acids is 1. The first kappa shape index (κ1) is 18.0. The second kappa shape index (κ2) is 7.49. The molecule has 1 aromatic carbocycles.